The van der Waals surface area contributed by atoms with Crippen molar-refractivity contribution in [3.63, 3.8) is 0 Å². The number of aliphatic hydroxyl groups is 1. The summed E-state index contributed by atoms with van der Waals surface area (Å²) in [4.78, 5) is 11.6. The van der Waals surface area contributed by atoms with Crippen molar-refractivity contribution in [2.75, 3.05) is 6.54 Å². The van der Waals surface area contributed by atoms with Gasteiger partial charge in [0, 0.05) is 12.1 Å². The van der Waals surface area contributed by atoms with Crippen molar-refractivity contribution in [1.82, 2.24) is 4.90 Å². The molecule has 1 amide bonds. The van der Waals surface area contributed by atoms with E-state index in [2.05, 4.69) is 0 Å². The van der Waals surface area contributed by atoms with Crippen molar-refractivity contribution in [2.45, 2.75) is 19.1 Å². The highest BCUT2D eigenvalue weighted by Crippen LogP contribution is 2.36. The summed E-state index contributed by atoms with van der Waals surface area (Å²) in [7, 11) is 0. The van der Waals surface area contributed by atoms with Crippen molar-refractivity contribution >= 4 is 6.41 Å². The van der Waals surface area contributed by atoms with Gasteiger partial charge in [-0.3, -0.25) is 4.79 Å². The number of hydrogen-bond acceptors (Lipinski definition) is 2. The highest BCUT2D eigenvalue weighted by atomic mass is 19.3. The number of aliphatic hydroxyl groups excluding tert-OH is 1. The first-order valence-corrected chi connectivity index (χ1v) is 4.87. The molecule has 1 aromatic carbocycles. The molecule has 2 rings (SSSR count). The lowest BCUT2D eigenvalue weighted by atomic mass is 9.95. The topological polar surface area (TPSA) is 40.5 Å². The number of rotatable bonds is 2. The lowest BCUT2D eigenvalue weighted by Gasteiger charge is -2.32. The number of carbonyl (C=O) groups excluding carboxylic acids is 1. The number of hydrogen-bond donors (Lipinski definition) is 1. The summed E-state index contributed by atoms with van der Waals surface area (Å²) in [6, 6.07) is 4.42. The van der Waals surface area contributed by atoms with E-state index < -0.39 is 12.5 Å². The molecule has 0 saturated heterocycles. The molecule has 0 aliphatic carbocycles. The van der Waals surface area contributed by atoms with E-state index in [1.54, 1.807) is 6.07 Å². The van der Waals surface area contributed by atoms with Crippen LogP contribution in [-0.2, 0) is 23.9 Å². The molecule has 0 spiro atoms. The zero-order valence-corrected chi connectivity index (χ0v) is 8.49. The Balaban J connectivity index is 2.46. The smallest absolute Gasteiger partial charge is 0.290 e. The second-order valence-corrected chi connectivity index (χ2v) is 3.86. The normalized spacial score (nSPS) is 18.1. The largest absolute Gasteiger partial charge is 0.392 e. The molecule has 1 aliphatic rings. The summed E-state index contributed by atoms with van der Waals surface area (Å²) < 4.78 is 27.3. The van der Waals surface area contributed by atoms with Crippen LogP contribution in [0.4, 0.5) is 8.78 Å². The lowest BCUT2D eigenvalue weighted by Crippen LogP contribution is -2.39. The Morgan fingerprint density at radius 2 is 2.25 bits per heavy atom. The number of alkyl halides is 2. The van der Waals surface area contributed by atoms with Gasteiger partial charge in [0.15, 0.2) is 0 Å². The standard InChI is InChI=1S/C11H11F2NO2/c12-11(13)6-14(7-16)4-9-2-1-8(5-15)3-10(9)11/h1-3,7,15H,4-6H2. The van der Waals surface area contributed by atoms with Gasteiger partial charge in [-0.1, -0.05) is 12.1 Å². The molecular weight excluding hydrogens is 216 g/mol. The summed E-state index contributed by atoms with van der Waals surface area (Å²) in [6.07, 6.45) is 0.427. The van der Waals surface area contributed by atoms with E-state index in [0.29, 0.717) is 17.5 Å². The minimum atomic E-state index is -3.04. The molecule has 1 N–H and O–H groups in total. The van der Waals surface area contributed by atoms with E-state index in [1.165, 1.54) is 12.1 Å². The third-order valence-corrected chi connectivity index (χ3v) is 2.68. The Kier molecular flexibility index (Phi) is 2.63. The minimum absolute atomic E-state index is 0.0860. The van der Waals surface area contributed by atoms with E-state index in [1.807, 2.05) is 0 Å². The average molecular weight is 227 g/mol. The van der Waals surface area contributed by atoms with Crippen LogP contribution in [-0.4, -0.2) is 23.0 Å². The molecule has 1 heterocycles. The minimum Gasteiger partial charge on any atom is -0.392 e. The van der Waals surface area contributed by atoms with Gasteiger partial charge in [0.1, 0.15) is 0 Å². The first-order chi connectivity index (χ1) is 7.56. The van der Waals surface area contributed by atoms with Crippen LogP contribution in [0.1, 0.15) is 16.7 Å². The molecule has 0 bridgehead atoms. The Morgan fingerprint density at radius 3 is 2.88 bits per heavy atom. The Morgan fingerprint density at radius 1 is 1.50 bits per heavy atom. The zero-order chi connectivity index (χ0) is 11.8. The van der Waals surface area contributed by atoms with Crippen LogP contribution in [0.3, 0.4) is 0 Å². The zero-order valence-electron chi connectivity index (χ0n) is 8.49. The summed E-state index contributed by atoms with van der Waals surface area (Å²) >= 11 is 0. The third-order valence-electron chi connectivity index (χ3n) is 2.68. The Hall–Kier alpha value is -1.49. The van der Waals surface area contributed by atoms with Gasteiger partial charge in [0.2, 0.25) is 6.41 Å². The molecule has 0 unspecified atom stereocenters. The molecule has 0 fully saturated rings. The molecule has 0 saturated carbocycles. The maximum absolute atomic E-state index is 13.7. The number of nitrogens with zero attached hydrogens (tertiary/aromatic N) is 1. The first-order valence-electron chi connectivity index (χ1n) is 4.87. The van der Waals surface area contributed by atoms with Crippen LogP contribution in [0.2, 0.25) is 0 Å². The fourth-order valence-electron chi connectivity index (χ4n) is 1.89. The van der Waals surface area contributed by atoms with Gasteiger partial charge in [-0.15, -0.1) is 0 Å². The molecule has 3 nitrogen and oxygen atoms in total. The quantitative estimate of drug-likeness (QED) is 0.772. The van der Waals surface area contributed by atoms with Crippen molar-refractivity contribution < 1.29 is 18.7 Å². The van der Waals surface area contributed by atoms with Gasteiger partial charge in [-0.2, -0.15) is 8.78 Å². The van der Waals surface area contributed by atoms with Gasteiger partial charge in [-0.05, 0) is 17.2 Å². The van der Waals surface area contributed by atoms with Crippen LogP contribution in [0.15, 0.2) is 18.2 Å². The van der Waals surface area contributed by atoms with E-state index in [-0.39, 0.29) is 18.7 Å². The van der Waals surface area contributed by atoms with Crippen LogP contribution in [0.5, 0.6) is 0 Å². The van der Waals surface area contributed by atoms with Gasteiger partial charge in [-0.25, -0.2) is 0 Å². The van der Waals surface area contributed by atoms with Crippen molar-refractivity contribution in [2.24, 2.45) is 0 Å². The molecule has 86 valence electrons. The van der Waals surface area contributed by atoms with Gasteiger partial charge >= 0.3 is 0 Å². The summed E-state index contributed by atoms with van der Waals surface area (Å²) in [5.41, 5.74) is 0.802. The van der Waals surface area contributed by atoms with Crippen LogP contribution >= 0.6 is 0 Å². The Bertz CT molecular complexity index is 420. The fraction of sp³-hybridized carbons (Fsp3) is 0.364. The average Bonchev–Trinajstić information content (AvgIpc) is 2.27. The molecular formula is C11H11F2NO2. The highest BCUT2D eigenvalue weighted by molar-refractivity contribution is 5.50. The van der Waals surface area contributed by atoms with Crippen molar-refractivity contribution in [3.8, 4) is 0 Å². The fourth-order valence-corrected chi connectivity index (χ4v) is 1.89. The number of halogens is 2. The van der Waals surface area contributed by atoms with Crippen LogP contribution in [0.25, 0.3) is 0 Å². The predicted octanol–water partition coefficient (Wildman–Crippen LogP) is 1.24. The molecule has 0 aromatic heterocycles. The highest BCUT2D eigenvalue weighted by Gasteiger charge is 2.39. The maximum Gasteiger partial charge on any atom is 0.290 e. The number of carbonyl (C=O) groups is 1. The SMILES string of the molecule is O=CN1Cc2ccc(CO)cc2C(F)(F)C1. The molecule has 1 aliphatic heterocycles. The summed E-state index contributed by atoms with van der Waals surface area (Å²) in [6.45, 7) is -0.667. The van der Waals surface area contributed by atoms with E-state index >= 15 is 0 Å². The van der Waals surface area contributed by atoms with E-state index in [0.717, 1.165) is 4.90 Å². The lowest BCUT2D eigenvalue weighted by molar-refractivity contribution is -0.127. The first kappa shape index (κ1) is 11.0. The van der Waals surface area contributed by atoms with Crippen LogP contribution in [0, 0.1) is 0 Å². The molecule has 16 heavy (non-hydrogen) atoms. The number of fused-ring (bicyclic) bond motifs is 1. The second kappa shape index (κ2) is 3.83. The third kappa shape index (κ3) is 1.78. The van der Waals surface area contributed by atoms with Gasteiger partial charge < -0.3 is 10.0 Å². The molecule has 5 heteroatoms. The van der Waals surface area contributed by atoms with E-state index in [4.69, 9.17) is 5.11 Å². The second-order valence-electron chi connectivity index (χ2n) is 3.86. The van der Waals surface area contributed by atoms with Crippen molar-refractivity contribution in [1.29, 1.82) is 0 Å². The van der Waals surface area contributed by atoms with E-state index in [9.17, 15) is 13.6 Å². The summed E-state index contributed by atoms with van der Waals surface area (Å²) in [5.74, 6) is -3.04. The van der Waals surface area contributed by atoms with Gasteiger partial charge in [0.25, 0.3) is 5.92 Å². The van der Waals surface area contributed by atoms with Gasteiger partial charge in [0.05, 0.1) is 13.2 Å². The van der Waals surface area contributed by atoms with Crippen LogP contribution < -0.4 is 0 Å². The number of amides is 1. The number of benzene rings is 1. The molecule has 0 atom stereocenters. The monoisotopic (exact) mass is 227 g/mol. The molecule has 0 radical (unpaired) electrons. The molecule has 1 aromatic rings. The summed E-state index contributed by atoms with van der Waals surface area (Å²) in [5, 5.41) is 8.90. The van der Waals surface area contributed by atoms with Crippen molar-refractivity contribution in [3.05, 3.63) is 34.9 Å². The Labute approximate surface area is 91.3 Å². The maximum atomic E-state index is 13.7. The predicted molar refractivity (Wildman–Crippen MR) is 52.7 cm³/mol.